The molecule has 0 bridgehead atoms. The van der Waals surface area contributed by atoms with Gasteiger partial charge in [0.1, 0.15) is 0 Å². The molecule has 0 aromatic heterocycles. The van der Waals surface area contributed by atoms with Gasteiger partial charge in [0.2, 0.25) is 5.91 Å². The lowest BCUT2D eigenvalue weighted by Crippen LogP contribution is -2.54. The molecule has 1 atom stereocenters. The van der Waals surface area contributed by atoms with Gasteiger partial charge in [0, 0.05) is 32.3 Å². The molecule has 6 heteroatoms. The van der Waals surface area contributed by atoms with Gasteiger partial charge in [-0.25, -0.2) is 0 Å². The number of likely N-dealkylation sites (tertiary alicyclic amines) is 1. The molecular formula is C13H28ClN3O2. The van der Waals surface area contributed by atoms with Crippen molar-refractivity contribution in [2.45, 2.75) is 33.2 Å². The maximum absolute atomic E-state index is 11.7. The van der Waals surface area contributed by atoms with Gasteiger partial charge in [-0.15, -0.1) is 12.4 Å². The first-order valence-corrected chi connectivity index (χ1v) is 6.78. The predicted molar refractivity (Wildman–Crippen MR) is 79.6 cm³/mol. The third-order valence-corrected chi connectivity index (χ3v) is 3.53. The molecule has 1 aliphatic rings. The van der Waals surface area contributed by atoms with Crippen LogP contribution in [-0.4, -0.2) is 56.2 Å². The Bertz CT molecular complexity index is 275. The van der Waals surface area contributed by atoms with Gasteiger partial charge in [-0.3, -0.25) is 9.69 Å². The Hall–Kier alpha value is -0.360. The zero-order valence-corrected chi connectivity index (χ0v) is 13.1. The number of amides is 1. The van der Waals surface area contributed by atoms with Gasteiger partial charge in [0.05, 0.1) is 13.2 Å². The Morgan fingerprint density at radius 2 is 2.21 bits per heavy atom. The fourth-order valence-corrected chi connectivity index (χ4v) is 2.29. The summed E-state index contributed by atoms with van der Waals surface area (Å²) in [5.74, 6) is 0.0703. The normalized spacial score (nSPS) is 22.6. The van der Waals surface area contributed by atoms with Gasteiger partial charge < -0.3 is 15.8 Å². The van der Waals surface area contributed by atoms with Crippen LogP contribution in [0.15, 0.2) is 0 Å². The molecule has 0 aromatic rings. The second kappa shape index (κ2) is 8.74. The van der Waals surface area contributed by atoms with E-state index in [2.05, 4.69) is 24.1 Å². The number of halogens is 1. The first-order valence-electron chi connectivity index (χ1n) is 6.78. The highest BCUT2D eigenvalue weighted by molar-refractivity contribution is 5.85. The minimum atomic E-state index is 0. The van der Waals surface area contributed by atoms with Crippen molar-refractivity contribution in [3.05, 3.63) is 0 Å². The Labute approximate surface area is 122 Å². The highest BCUT2D eigenvalue weighted by Crippen LogP contribution is 2.27. The molecule has 0 spiro atoms. The smallest absolute Gasteiger partial charge is 0.234 e. The fraction of sp³-hybridized carbons (Fsp3) is 0.923. The number of carbonyl (C=O) groups is 1. The van der Waals surface area contributed by atoms with Gasteiger partial charge in [-0.1, -0.05) is 13.8 Å². The second-order valence-corrected chi connectivity index (χ2v) is 5.64. The number of hydrogen-bond acceptors (Lipinski definition) is 4. The summed E-state index contributed by atoms with van der Waals surface area (Å²) in [6.07, 6.45) is 0.958. The molecule has 1 fully saturated rings. The lowest BCUT2D eigenvalue weighted by Gasteiger charge is -2.42. The lowest BCUT2D eigenvalue weighted by molar-refractivity contribution is -0.123. The summed E-state index contributed by atoms with van der Waals surface area (Å²) in [6.45, 7) is 10.4. The van der Waals surface area contributed by atoms with Gasteiger partial charge in [-0.2, -0.15) is 0 Å². The molecule has 114 valence electrons. The standard InChI is InChI=1S/C13H27N3O2.ClH/c1-4-18-8-6-15-12(17)9-16-7-5-11(14)13(2,3)10-16;/h11H,4-10,14H2,1-3H3,(H,15,17);1H. The first kappa shape index (κ1) is 18.6. The SMILES string of the molecule is CCOCCNC(=O)CN1CCC(N)C(C)(C)C1.Cl. The first-order chi connectivity index (χ1) is 8.45. The van der Waals surface area contributed by atoms with E-state index in [0.29, 0.717) is 26.3 Å². The molecule has 3 N–H and O–H groups in total. The quantitative estimate of drug-likeness (QED) is 0.705. The molecule has 1 amide bonds. The number of ether oxygens (including phenoxy) is 1. The average molecular weight is 294 g/mol. The zero-order valence-electron chi connectivity index (χ0n) is 12.3. The van der Waals surface area contributed by atoms with Crippen molar-refractivity contribution in [1.29, 1.82) is 0 Å². The van der Waals surface area contributed by atoms with Crippen LogP contribution in [0.2, 0.25) is 0 Å². The lowest BCUT2D eigenvalue weighted by atomic mass is 9.80. The van der Waals surface area contributed by atoms with E-state index in [0.717, 1.165) is 19.5 Å². The van der Waals surface area contributed by atoms with Crippen LogP contribution in [0, 0.1) is 5.41 Å². The molecule has 1 saturated heterocycles. The Balaban J connectivity index is 0.00000324. The van der Waals surface area contributed by atoms with E-state index in [9.17, 15) is 4.79 Å². The molecule has 0 aliphatic carbocycles. The van der Waals surface area contributed by atoms with E-state index < -0.39 is 0 Å². The molecule has 0 saturated carbocycles. The van der Waals surface area contributed by atoms with E-state index in [-0.39, 0.29) is 29.8 Å². The number of carbonyl (C=O) groups excluding carboxylic acids is 1. The van der Waals surface area contributed by atoms with E-state index >= 15 is 0 Å². The monoisotopic (exact) mass is 293 g/mol. The van der Waals surface area contributed by atoms with Crippen molar-refractivity contribution in [3.8, 4) is 0 Å². The largest absolute Gasteiger partial charge is 0.380 e. The average Bonchev–Trinajstić information content (AvgIpc) is 2.29. The molecule has 1 rings (SSSR count). The number of hydrogen-bond donors (Lipinski definition) is 2. The molecule has 5 nitrogen and oxygen atoms in total. The fourth-order valence-electron chi connectivity index (χ4n) is 2.29. The van der Waals surface area contributed by atoms with Crippen LogP contribution in [0.5, 0.6) is 0 Å². The summed E-state index contributed by atoms with van der Waals surface area (Å²) in [5, 5.41) is 2.87. The summed E-state index contributed by atoms with van der Waals surface area (Å²) < 4.78 is 5.18. The van der Waals surface area contributed by atoms with Gasteiger partial charge >= 0.3 is 0 Å². The van der Waals surface area contributed by atoms with Crippen LogP contribution in [0.4, 0.5) is 0 Å². The van der Waals surface area contributed by atoms with Gasteiger partial charge in [0.15, 0.2) is 0 Å². The minimum absolute atomic E-state index is 0. The molecule has 1 aliphatic heterocycles. The highest BCUT2D eigenvalue weighted by atomic mass is 35.5. The van der Waals surface area contributed by atoms with Crippen LogP contribution < -0.4 is 11.1 Å². The Morgan fingerprint density at radius 3 is 2.79 bits per heavy atom. The van der Waals surface area contributed by atoms with Gasteiger partial charge in [0.25, 0.3) is 0 Å². The van der Waals surface area contributed by atoms with Crippen molar-refractivity contribution < 1.29 is 9.53 Å². The number of rotatable bonds is 6. The molecular weight excluding hydrogens is 266 g/mol. The van der Waals surface area contributed by atoms with Crippen molar-refractivity contribution in [3.63, 3.8) is 0 Å². The molecule has 1 heterocycles. The predicted octanol–water partition coefficient (Wildman–Crippen LogP) is 0.620. The number of piperidine rings is 1. The van der Waals surface area contributed by atoms with Gasteiger partial charge in [-0.05, 0) is 18.8 Å². The van der Waals surface area contributed by atoms with Crippen LogP contribution in [0.1, 0.15) is 27.2 Å². The molecule has 0 aromatic carbocycles. The Kier molecular flexibility index (Phi) is 8.57. The minimum Gasteiger partial charge on any atom is -0.380 e. The third-order valence-electron chi connectivity index (χ3n) is 3.53. The van der Waals surface area contributed by atoms with Crippen molar-refractivity contribution in [2.24, 2.45) is 11.1 Å². The number of nitrogens with two attached hydrogens (primary N) is 1. The van der Waals surface area contributed by atoms with Crippen molar-refractivity contribution in [2.75, 3.05) is 39.4 Å². The zero-order chi connectivity index (χ0) is 13.6. The summed E-state index contributed by atoms with van der Waals surface area (Å²) in [7, 11) is 0. The maximum Gasteiger partial charge on any atom is 0.234 e. The van der Waals surface area contributed by atoms with E-state index in [1.54, 1.807) is 0 Å². The summed E-state index contributed by atoms with van der Waals surface area (Å²) >= 11 is 0. The van der Waals surface area contributed by atoms with Crippen LogP contribution in [0.25, 0.3) is 0 Å². The summed E-state index contributed by atoms with van der Waals surface area (Å²) in [4.78, 5) is 13.9. The highest BCUT2D eigenvalue weighted by Gasteiger charge is 2.33. The number of nitrogens with zero attached hydrogens (tertiary/aromatic N) is 1. The maximum atomic E-state index is 11.7. The number of nitrogens with one attached hydrogen (secondary N) is 1. The summed E-state index contributed by atoms with van der Waals surface area (Å²) in [6, 6.07) is 0.231. The molecule has 1 unspecified atom stereocenters. The van der Waals surface area contributed by atoms with Crippen LogP contribution >= 0.6 is 12.4 Å². The topological polar surface area (TPSA) is 67.6 Å². The van der Waals surface area contributed by atoms with Crippen molar-refractivity contribution >= 4 is 18.3 Å². The molecule has 19 heavy (non-hydrogen) atoms. The Morgan fingerprint density at radius 1 is 1.53 bits per heavy atom. The van der Waals surface area contributed by atoms with Crippen LogP contribution in [-0.2, 0) is 9.53 Å². The molecule has 0 radical (unpaired) electrons. The summed E-state index contributed by atoms with van der Waals surface area (Å²) in [5.41, 5.74) is 6.16. The van der Waals surface area contributed by atoms with Crippen molar-refractivity contribution in [1.82, 2.24) is 10.2 Å². The van der Waals surface area contributed by atoms with Crippen LogP contribution in [0.3, 0.4) is 0 Å². The third kappa shape index (κ3) is 6.56. The second-order valence-electron chi connectivity index (χ2n) is 5.64. The van der Waals surface area contributed by atoms with E-state index in [1.165, 1.54) is 0 Å². The van der Waals surface area contributed by atoms with E-state index in [4.69, 9.17) is 10.5 Å². The van der Waals surface area contributed by atoms with E-state index in [1.807, 2.05) is 6.92 Å².